The molecule has 1 heterocycles. The number of furan rings is 1. The molecule has 1 aromatic carbocycles. The Hall–Kier alpha value is -2.19. The number of nitrogens with two attached hydrogens (primary N) is 1. The number of ether oxygens (including phenoxy) is 2. The maximum absolute atomic E-state index is 12.2. The zero-order valence-corrected chi connectivity index (χ0v) is 12.4. The zero-order chi connectivity index (χ0) is 15.5. The van der Waals surface area contributed by atoms with E-state index in [-0.39, 0.29) is 11.6 Å². The number of sulfonamides is 1. The summed E-state index contributed by atoms with van der Waals surface area (Å²) in [5, 5.41) is -0.197. The smallest absolute Gasteiger partial charge is 0.295 e. The predicted octanol–water partition coefficient (Wildman–Crippen LogP) is 1.56. The van der Waals surface area contributed by atoms with Crippen LogP contribution in [0.5, 0.6) is 11.5 Å². The van der Waals surface area contributed by atoms with E-state index in [1.54, 1.807) is 12.1 Å². The van der Waals surface area contributed by atoms with Gasteiger partial charge < -0.3 is 19.6 Å². The van der Waals surface area contributed by atoms with Crippen molar-refractivity contribution < 1.29 is 22.3 Å². The van der Waals surface area contributed by atoms with Gasteiger partial charge in [0, 0.05) is 6.07 Å². The Morgan fingerprint density at radius 1 is 1.14 bits per heavy atom. The van der Waals surface area contributed by atoms with E-state index in [0.29, 0.717) is 22.9 Å². The van der Waals surface area contributed by atoms with E-state index in [1.807, 2.05) is 0 Å². The summed E-state index contributed by atoms with van der Waals surface area (Å²) >= 11 is 0. The van der Waals surface area contributed by atoms with Gasteiger partial charge in [0.1, 0.15) is 5.76 Å². The van der Waals surface area contributed by atoms with Crippen molar-refractivity contribution in [2.75, 3.05) is 18.9 Å². The van der Waals surface area contributed by atoms with Crippen LogP contribution in [0.15, 0.2) is 39.8 Å². The minimum absolute atomic E-state index is 0.131. The maximum Gasteiger partial charge on any atom is 0.295 e. The third kappa shape index (κ3) is 3.29. The van der Waals surface area contributed by atoms with Gasteiger partial charge in [0.15, 0.2) is 11.5 Å². The lowest BCUT2D eigenvalue weighted by Crippen LogP contribution is -2.12. The molecule has 0 spiro atoms. The van der Waals surface area contributed by atoms with Gasteiger partial charge in [-0.05, 0) is 24.3 Å². The van der Waals surface area contributed by atoms with E-state index < -0.39 is 10.0 Å². The summed E-state index contributed by atoms with van der Waals surface area (Å²) in [5.41, 5.74) is 5.72. The molecular formula is C13H16N2O5S. The van der Waals surface area contributed by atoms with Crippen molar-refractivity contribution in [1.82, 2.24) is 0 Å². The molecule has 0 bridgehead atoms. The van der Waals surface area contributed by atoms with Crippen LogP contribution in [0.2, 0.25) is 0 Å². The fraction of sp³-hybridized carbons (Fsp3) is 0.231. The molecule has 3 N–H and O–H groups in total. The first-order valence-corrected chi connectivity index (χ1v) is 7.52. The van der Waals surface area contributed by atoms with Gasteiger partial charge in [0.05, 0.1) is 26.5 Å². The van der Waals surface area contributed by atoms with Crippen LogP contribution in [0.1, 0.15) is 5.76 Å². The van der Waals surface area contributed by atoms with Crippen molar-refractivity contribution >= 4 is 15.7 Å². The summed E-state index contributed by atoms with van der Waals surface area (Å²) in [6.07, 6.45) is 0. The second kappa shape index (κ2) is 6.06. The van der Waals surface area contributed by atoms with Gasteiger partial charge in [0.25, 0.3) is 10.0 Å². The predicted molar refractivity (Wildman–Crippen MR) is 77.0 cm³/mol. The molecule has 0 unspecified atom stereocenters. The molecule has 7 nitrogen and oxygen atoms in total. The molecule has 0 saturated heterocycles. The highest BCUT2D eigenvalue weighted by Crippen LogP contribution is 2.30. The quantitative estimate of drug-likeness (QED) is 0.839. The average Bonchev–Trinajstić information content (AvgIpc) is 2.96. The summed E-state index contributed by atoms with van der Waals surface area (Å²) < 4.78 is 42.1. The molecule has 0 atom stereocenters. The Morgan fingerprint density at radius 2 is 1.86 bits per heavy atom. The van der Waals surface area contributed by atoms with Gasteiger partial charge in [-0.25, -0.2) is 0 Å². The SMILES string of the molecule is COc1ccc(NS(=O)(=O)c2ccc(CN)o2)cc1OC. The molecule has 8 heteroatoms. The Bertz CT molecular complexity index is 724. The van der Waals surface area contributed by atoms with Crippen molar-refractivity contribution in [2.24, 2.45) is 5.73 Å². The highest BCUT2D eigenvalue weighted by Gasteiger charge is 2.19. The second-order valence-electron chi connectivity index (χ2n) is 4.10. The Kier molecular flexibility index (Phi) is 4.39. The Balaban J connectivity index is 2.28. The molecule has 0 amide bonds. The molecule has 1 aromatic heterocycles. The normalized spacial score (nSPS) is 11.2. The van der Waals surface area contributed by atoms with Crippen LogP contribution in [-0.2, 0) is 16.6 Å². The number of rotatable bonds is 6. The lowest BCUT2D eigenvalue weighted by molar-refractivity contribution is 0.355. The molecular weight excluding hydrogens is 296 g/mol. The first-order valence-electron chi connectivity index (χ1n) is 6.04. The van der Waals surface area contributed by atoms with Crippen molar-refractivity contribution in [1.29, 1.82) is 0 Å². The molecule has 0 saturated carbocycles. The van der Waals surface area contributed by atoms with Crippen molar-refractivity contribution in [3.8, 4) is 11.5 Å². The molecule has 2 aromatic rings. The van der Waals surface area contributed by atoms with E-state index in [9.17, 15) is 8.42 Å². The minimum Gasteiger partial charge on any atom is -0.493 e. The summed E-state index contributed by atoms with van der Waals surface area (Å²) in [5.74, 6) is 1.31. The first kappa shape index (κ1) is 15.2. The molecule has 21 heavy (non-hydrogen) atoms. The van der Waals surface area contributed by atoms with E-state index in [1.165, 1.54) is 32.4 Å². The third-order valence-corrected chi connectivity index (χ3v) is 3.99. The van der Waals surface area contributed by atoms with Crippen molar-refractivity contribution in [2.45, 2.75) is 11.6 Å². The number of anilines is 1. The van der Waals surface area contributed by atoms with E-state index in [4.69, 9.17) is 19.6 Å². The number of benzene rings is 1. The summed E-state index contributed by atoms with van der Waals surface area (Å²) in [7, 11) is -0.848. The van der Waals surface area contributed by atoms with Crippen LogP contribution < -0.4 is 19.9 Å². The van der Waals surface area contributed by atoms with Crippen LogP contribution >= 0.6 is 0 Å². The highest BCUT2D eigenvalue weighted by molar-refractivity contribution is 7.92. The van der Waals surface area contributed by atoms with Gasteiger partial charge in [-0.3, -0.25) is 4.72 Å². The molecule has 0 aliphatic carbocycles. The summed E-state index contributed by atoms with van der Waals surface area (Å²) in [6, 6.07) is 7.55. The monoisotopic (exact) mass is 312 g/mol. The largest absolute Gasteiger partial charge is 0.493 e. The van der Waals surface area contributed by atoms with Crippen LogP contribution in [0, 0.1) is 0 Å². The van der Waals surface area contributed by atoms with Gasteiger partial charge >= 0.3 is 0 Å². The third-order valence-electron chi connectivity index (χ3n) is 2.74. The van der Waals surface area contributed by atoms with Gasteiger partial charge in [-0.2, -0.15) is 8.42 Å². The molecule has 0 fully saturated rings. The number of hydrogen-bond donors (Lipinski definition) is 2. The van der Waals surface area contributed by atoms with Crippen LogP contribution in [0.3, 0.4) is 0 Å². The van der Waals surface area contributed by atoms with E-state index in [2.05, 4.69) is 4.72 Å². The molecule has 0 radical (unpaired) electrons. The van der Waals surface area contributed by atoms with Crippen molar-refractivity contribution in [3.05, 3.63) is 36.1 Å². The number of methoxy groups -OCH3 is 2. The van der Waals surface area contributed by atoms with Gasteiger partial charge in [-0.15, -0.1) is 0 Å². The lowest BCUT2D eigenvalue weighted by Gasteiger charge is -2.10. The van der Waals surface area contributed by atoms with Crippen LogP contribution in [-0.4, -0.2) is 22.6 Å². The Morgan fingerprint density at radius 3 is 2.43 bits per heavy atom. The van der Waals surface area contributed by atoms with Crippen LogP contribution in [0.25, 0.3) is 0 Å². The number of nitrogens with one attached hydrogen (secondary N) is 1. The fourth-order valence-corrected chi connectivity index (χ4v) is 2.72. The average molecular weight is 312 g/mol. The van der Waals surface area contributed by atoms with E-state index >= 15 is 0 Å². The van der Waals surface area contributed by atoms with Gasteiger partial charge in [0.2, 0.25) is 5.09 Å². The topological polar surface area (TPSA) is 104 Å². The highest BCUT2D eigenvalue weighted by atomic mass is 32.2. The second-order valence-corrected chi connectivity index (χ2v) is 5.71. The molecule has 2 rings (SSSR count). The zero-order valence-electron chi connectivity index (χ0n) is 11.6. The number of hydrogen-bond acceptors (Lipinski definition) is 6. The Labute approximate surface area is 122 Å². The lowest BCUT2D eigenvalue weighted by atomic mass is 10.3. The first-order chi connectivity index (χ1) is 10.00. The standard InChI is InChI=1S/C13H16N2O5S/c1-18-11-5-3-9(7-12(11)19-2)15-21(16,17)13-6-4-10(8-14)20-13/h3-7,15H,8,14H2,1-2H3. The molecule has 0 aliphatic rings. The summed E-state index contributed by atoms with van der Waals surface area (Å²) in [6.45, 7) is 0.131. The minimum atomic E-state index is -3.82. The van der Waals surface area contributed by atoms with Gasteiger partial charge in [-0.1, -0.05) is 0 Å². The van der Waals surface area contributed by atoms with Crippen molar-refractivity contribution in [3.63, 3.8) is 0 Å². The van der Waals surface area contributed by atoms with Crippen LogP contribution in [0.4, 0.5) is 5.69 Å². The maximum atomic E-state index is 12.2. The fourth-order valence-electron chi connectivity index (χ4n) is 1.72. The molecule has 0 aliphatic heterocycles. The van der Waals surface area contributed by atoms with E-state index in [0.717, 1.165) is 0 Å². The molecule has 114 valence electrons. The summed E-state index contributed by atoms with van der Waals surface area (Å²) in [4.78, 5) is 0.